The molecule has 4 rings (SSSR count). The molecule has 1 aromatic rings. The van der Waals surface area contributed by atoms with Gasteiger partial charge in [0, 0.05) is 11.0 Å². The minimum Gasteiger partial charge on any atom is -0.339 e. The lowest BCUT2D eigenvalue weighted by atomic mass is 9.95. The van der Waals surface area contributed by atoms with Crippen LogP contribution in [0.3, 0.4) is 0 Å². The smallest absolute Gasteiger partial charge is 0.250 e. The van der Waals surface area contributed by atoms with E-state index in [-0.39, 0.29) is 23.3 Å². The zero-order valence-electron chi connectivity index (χ0n) is 12.0. The van der Waals surface area contributed by atoms with E-state index < -0.39 is 6.04 Å². The van der Waals surface area contributed by atoms with Crippen molar-refractivity contribution in [3.63, 3.8) is 0 Å². The second-order valence-electron chi connectivity index (χ2n) is 6.88. The summed E-state index contributed by atoms with van der Waals surface area (Å²) >= 11 is 3.38. The summed E-state index contributed by atoms with van der Waals surface area (Å²) in [5.74, 6) is 0.832. The minimum atomic E-state index is -0.539. The van der Waals surface area contributed by atoms with Crippen molar-refractivity contribution in [2.24, 2.45) is 17.3 Å². The second kappa shape index (κ2) is 4.09. The van der Waals surface area contributed by atoms with E-state index in [9.17, 15) is 9.59 Å². The van der Waals surface area contributed by atoms with E-state index in [1.165, 1.54) is 0 Å². The van der Waals surface area contributed by atoms with Crippen LogP contribution >= 0.6 is 15.9 Å². The van der Waals surface area contributed by atoms with Crippen LogP contribution in [0.5, 0.6) is 0 Å². The summed E-state index contributed by atoms with van der Waals surface area (Å²) in [4.78, 5) is 27.0. The molecule has 4 nitrogen and oxygen atoms in total. The predicted molar refractivity (Wildman–Crippen MR) is 81.3 cm³/mol. The molecule has 0 aromatic heterocycles. The van der Waals surface area contributed by atoms with Crippen molar-refractivity contribution in [3.05, 3.63) is 34.3 Å². The third-order valence-corrected chi connectivity index (χ3v) is 6.03. The average Bonchev–Trinajstić information content (AvgIpc) is 2.83. The largest absolute Gasteiger partial charge is 0.339 e. The van der Waals surface area contributed by atoms with Gasteiger partial charge in [-0.3, -0.25) is 9.59 Å². The molecule has 2 saturated heterocycles. The van der Waals surface area contributed by atoms with Crippen molar-refractivity contribution in [1.82, 2.24) is 10.2 Å². The average molecular weight is 349 g/mol. The molecule has 1 saturated carbocycles. The molecule has 4 atom stereocenters. The quantitative estimate of drug-likeness (QED) is 0.844. The predicted octanol–water partition coefficient (Wildman–Crippen LogP) is 2.10. The van der Waals surface area contributed by atoms with Crippen molar-refractivity contribution in [3.8, 4) is 0 Å². The zero-order valence-corrected chi connectivity index (χ0v) is 13.6. The topological polar surface area (TPSA) is 49.4 Å². The first-order valence-electron chi connectivity index (χ1n) is 7.27. The highest BCUT2D eigenvalue weighted by atomic mass is 79.9. The van der Waals surface area contributed by atoms with Gasteiger partial charge in [0.2, 0.25) is 5.91 Å². The third-order valence-electron chi connectivity index (χ3n) is 5.50. The van der Waals surface area contributed by atoms with Crippen LogP contribution in [0, 0.1) is 17.3 Å². The number of carbonyl (C=O) groups excluding carboxylic acids is 2. The minimum absolute atomic E-state index is 0.000550. The van der Waals surface area contributed by atoms with Crippen molar-refractivity contribution < 1.29 is 9.59 Å². The number of amides is 2. The molecule has 3 fully saturated rings. The molecule has 21 heavy (non-hydrogen) atoms. The monoisotopic (exact) mass is 348 g/mol. The number of fused-ring (bicyclic) bond motifs is 3. The van der Waals surface area contributed by atoms with Crippen LogP contribution in [0.25, 0.3) is 0 Å². The first-order chi connectivity index (χ1) is 9.91. The van der Waals surface area contributed by atoms with Crippen LogP contribution in [0.1, 0.15) is 25.5 Å². The Kier molecular flexibility index (Phi) is 2.60. The van der Waals surface area contributed by atoms with Crippen LogP contribution in [0.4, 0.5) is 0 Å². The van der Waals surface area contributed by atoms with Gasteiger partial charge in [0.05, 0.1) is 0 Å². The number of piperazine rings is 1. The Morgan fingerprint density at radius 1 is 1.24 bits per heavy atom. The summed E-state index contributed by atoms with van der Waals surface area (Å²) < 4.78 is 0.961. The van der Waals surface area contributed by atoms with Crippen molar-refractivity contribution in [2.75, 3.05) is 6.54 Å². The Labute approximate surface area is 132 Å². The number of halogens is 1. The summed E-state index contributed by atoms with van der Waals surface area (Å²) in [6.45, 7) is 5.11. The summed E-state index contributed by atoms with van der Waals surface area (Å²) in [6.07, 6.45) is 0. The number of piperidine rings is 1. The molecule has 3 aliphatic rings. The summed E-state index contributed by atoms with van der Waals surface area (Å²) in [5.41, 5.74) is 1.04. The van der Waals surface area contributed by atoms with Crippen LogP contribution in [-0.2, 0) is 9.59 Å². The summed E-state index contributed by atoms with van der Waals surface area (Å²) in [5, 5.41) is 2.92. The van der Waals surface area contributed by atoms with E-state index in [2.05, 4.69) is 35.1 Å². The van der Waals surface area contributed by atoms with Gasteiger partial charge in [-0.15, -0.1) is 0 Å². The van der Waals surface area contributed by atoms with Gasteiger partial charge < -0.3 is 10.2 Å². The number of rotatable bonds is 1. The normalized spacial score (nSPS) is 36.0. The molecule has 1 N–H and O–H groups in total. The highest BCUT2D eigenvalue weighted by Crippen LogP contribution is 2.65. The van der Waals surface area contributed by atoms with Crippen LogP contribution < -0.4 is 5.32 Å². The van der Waals surface area contributed by atoms with E-state index in [0.29, 0.717) is 11.8 Å². The lowest BCUT2D eigenvalue weighted by Crippen LogP contribution is -2.59. The number of nitrogens with one attached hydrogen (secondary N) is 1. The molecule has 110 valence electrons. The fourth-order valence-electron chi connectivity index (χ4n) is 4.15. The van der Waals surface area contributed by atoms with E-state index in [1.54, 1.807) is 4.90 Å². The molecule has 1 aliphatic carbocycles. The van der Waals surface area contributed by atoms with E-state index in [1.807, 2.05) is 24.3 Å². The van der Waals surface area contributed by atoms with Gasteiger partial charge >= 0.3 is 0 Å². The Hall–Kier alpha value is -1.36. The van der Waals surface area contributed by atoms with E-state index >= 15 is 0 Å². The van der Waals surface area contributed by atoms with Crippen molar-refractivity contribution in [2.45, 2.75) is 25.9 Å². The molecule has 2 heterocycles. The number of carbonyl (C=O) groups is 2. The van der Waals surface area contributed by atoms with Crippen LogP contribution in [0.15, 0.2) is 28.7 Å². The zero-order chi connectivity index (χ0) is 14.9. The Morgan fingerprint density at radius 3 is 2.57 bits per heavy atom. The molecule has 0 spiro atoms. The SMILES string of the molecule is CC1(C)[C@@H]2[C@H]3C(=O)N[C@@H](c4ccc(Br)cc4)C(=O)N3C[C@H]21. The van der Waals surface area contributed by atoms with Gasteiger partial charge in [0.25, 0.3) is 5.91 Å². The fourth-order valence-corrected chi connectivity index (χ4v) is 4.41. The highest BCUT2D eigenvalue weighted by Gasteiger charge is 2.70. The maximum absolute atomic E-state index is 12.7. The number of nitrogens with zero attached hydrogens (tertiary/aromatic N) is 1. The standard InChI is InChI=1S/C16H17BrN2O2/c1-16(2)10-7-19-13(11(10)16)14(20)18-12(15(19)21)8-3-5-9(17)6-4-8/h3-6,10-13H,7H2,1-2H3,(H,18,20)/t10-,11+,12+,13+/m1/s1. The van der Waals surface area contributed by atoms with Gasteiger partial charge in [0.15, 0.2) is 0 Å². The highest BCUT2D eigenvalue weighted by molar-refractivity contribution is 9.10. The van der Waals surface area contributed by atoms with E-state index in [0.717, 1.165) is 16.6 Å². The van der Waals surface area contributed by atoms with E-state index in [4.69, 9.17) is 0 Å². The first kappa shape index (κ1) is 13.3. The lowest BCUT2D eigenvalue weighted by Gasteiger charge is -2.38. The van der Waals surface area contributed by atoms with Crippen LogP contribution in [-0.4, -0.2) is 29.3 Å². The summed E-state index contributed by atoms with van der Waals surface area (Å²) in [7, 11) is 0. The Morgan fingerprint density at radius 2 is 1.90 bits per heavy atom. The fraction of sp³-hybridized carbons (Fsp3) is 0.500. The Bertz CT molecular complexity index is 640. The molecule has 2 amide bonds. The molecule has 0 unspecified atom stereocenters. The maximum atomic E-state index is 12.7. The van der Waals surface area contributed by atoms with Gasteiger partial charge in [-0.25, -0.2) is 0 Å². The molecular formula is C16H17BrN2O2. The summed E-state index contributed by atoms with van der Waals surface area (Å²) in [6, 6.07) is 6.76. The molecule has 5 heteroatoms. The molecule has 0 radical (unpaired) electrons. The van der Waals surface area contributed by atoms with Crippen LogP contribution in [0.2, 0.25) is 0 Å². The molecule has 2 aliphatic heterocycles. The lowest BCUT2D eigenvalue weighted by molar-refractivity contribution is -0.149. The number of hydrogen-bond acceptors (Lipinski definition) is 2. The molecule has 0 bridgehead atoms. The second-order valence-corrected chi connectivity index (χ2v) is 7.80. The first-order valence-corrected chi connectivity index (χ1v) is 8.07. The Balaban J connectivity index is 1.63. The number of hydrogen-bond donors (Lipinski definition) is 1. The van der Waals surface area contributed by atoms with Crippen molar-refractivity contribution in [1.29, 1.82) is 0 Å². The van der Waals surface area contributed by atoms with Crippen molar-refractivity contribution >= 4 is 27.7 Å². The molecule has 1 aromatic carbocycles. The maximum Gasteiger partial charge on any atom is 0.250 e. The van der Waals surface area contributed by atoms with Gasteiger partial charge in [-0.05, 0) is 34.9 Å². The number of benzene rings is 1. The van der Waals surface area contributed by atoms with Gasteiger partial charge in [-0.2, -0.15) is 0 Å². The van der Waals surface area contributed by atoms with Gasteiger partial charge in [0.1, 0.15) is 12.1 Å². The van der Waals surface area contributed by atoms with Gasteiger partial charge in [-0.1, -0.05) is 41.9 Å². The third kappa shape index (κ3) is 1.73. The molecular weight excluding hydrogens is 332 g/mol.